The number of hydrogen-bond donors (Lipinski definition) is 2. The van der Waals surface area contributed by atoms with Gasteiger partial charge in [-0.3, -0.25) is 14.4 Å². The maximum Gasteiger partial charge on any atom is 0.344 e. The summed E-state index contributed by atoms with van der Waals surface area (Å²) in [5, 5.41) is 14.6. The van der Waals surface area contributed by atoms with Crippen LogP contribution in [0.2, 0.25) is 0 Å². The first-order valence-corrected chi connectivity index (χ1v) is 10.8. The van der Waals surface area contributed by atoms with Crippen molar-refractivity contribution in [3.05, 3.63) is 11.1 Å². The third kappa shape index (κ3) is 5.98. The van der Waals surface area contributed by atoms with E-state index in [2.05, 4.69) is 15.0 Å². The van der Waals surface area contributed by atoms with E-state index in [-0.39, 0.29) is 34.7 Å². The van der Waals surface area contributed by atoms with Crippen molar-refractivity contribution in [2.75, 3.05) is 12.3 Å². The smallest absolute Gasteiger partial charge is 0.344 e. The summed E-state index contributed by atoms with van der Waals surface area (Å²) in [4.78, 5) is 61.4. The van der Waals surface area contributed by atoms with Crippen molar-refractivity contribution in [2.24, 2.45) is 11.1 Å². The fourth-order valence-electron chi connectivity index (χ4n) is 2.78. The minimum atomic E-state index is -2.89. The first-order chi connectivity index (χ1) is 14.8. The number of anilines is 1. The van der Waals surface area contributed by atoms with Crippen LogP contribution in [0, 0.1) is 5.92 Å². The average molecular weight is 494 g/mol. The summed E-state index contributed by atoms with van der Waals surface area (Å²) >= 11 is 0.965. The normalized spacial score (nSPS) is 18.9. The number of halogens is 2. The number of hydroxylamine groups is 2. The van der Waals surface area contributed by atoms with Crippen LogP contribution in [0.15, 0.2) is 10.5 Å². The summed E-state index contributed by atoms with van der Waals surface area (Å²) in [6, 6.07) is 0. The summed E-state index contributed by atoms with van der Waals surface area (Å²) in [5.41, 5.74) is 2.59. The monoisotopic (exact) mass is 494 g/mol. The topological polar surface area (TPSA) is 161 Å². The molecule has 1 saturated heterocycles. The molecule has 0 aromatic carbocycles. The molecule has 3 N–H and O–H groups in total. The molecule has 2 atom stereocenters. The van der Waals surface area contributed by atoms with Gasteiger partial charge in [-0.1, -0.05) is 5.16 Å². The number of carbonyl (C=O) groups excluding carboxylic acids is 3. The van der Waals surface area contributed by atoms with Crippen molar-refractivity contribution in [1.82, 2.24) is 10.0 Å². The predicted octanol–water partition coefficient (Wildman–Crippen LogP) is 1.53. The molecule has 0 saturated carbocycles. The van der Waals surface area contributed by atoms with Crippen LogP contribution in [-0.4, -0.2) is 67.6 Å². The Morgan fingerprint density at radius 3 is 2.56 bits per heavy atom. The van der Waals surface area contributed by atoms with Gasteiger partial charge in [-0.05, 0) is 32.5 Å². The van der Waals surface area contributed by atoms with Crippen LogP contribution in [0.4, 0.5) is 13.9 Å². The number of thioether (sulfide) groups is 1. The Morgan fingerprint density at radius 1 is 1.44 bits per heavy atom. The van der Waals surface area contributed by atoms with Crippen LogP contribution in [0.3, 0.4) is 0 Å². The molecule has 1 aliphatic rings. The van der Waals surface area contributed by atoms with Crippen molar-refractivity contribution in [3.63, 3.8) is 0 Å². The average Bonchev–Trinajstić information content (AvgIpc) is 3.11. The van der Waals surface area contributed by atoms with Crippen LogP contribution in [0.25, 0.3) is 0 Å². The number of aromatic nitrogens is 1. The number of ketones is 2. The van der Waals surface area contributed by atoms with E-state index in [0.29, 0.717) is 0 Å². The number of Topliss-reactive ketones (excluding diaryl/α,β-unsaturated/α-hetero) is 2. The van der Waals surface area contributed by atoms with Crippen molar-refractivity contribution in [3.8, 4) is 0 Å². The van der Waals surface area contributed by atoms with Gasteiger partial charge in [0.15, 0.2) is 27.8 Å². The molecule has 32 heavy (non-hydrogen) atoms. The highest BCUT2D eigenvalue weighted by Gasteiger charge is 2.57. The summed E-state index contributed by atoms with van der Waals surface area (Å²) in [6.45, 7) is 3.32. The van der Waals surface area contributed by atoms with E-state index in [1.165, 1.54) is 19.2 Å². The molecule has 15 heteroatoms. The number of carboxylic acid groups (broad SMARTS) is 1. The van der Waals surface area contributed by atoms with Gasteiger partial charge in [0.2, 0.25) is 6.61 Å². The number of thiazole rings is 1. The number of rotatable bonds is 12. The molecule has 11 nitrogen and oxygen atoms in total. The number of nitrogens with two attached hydrogens (primary N) is 1. The van der Waals surface area contributed by atoms with Crippen molar-refractivity contribution in [1.29, 1.82) is 0 Å². The number of amides is 1. The van der Waals surface area contributed by atoms with Gasteiger partial charge in [-0.15, -0.1) is 11.3 Å². The maximum absolute atomic E-state index is 12.8. The Labute approximate surface area is 188 Å². The van der Waals surface area contributed by atoms with E-state index in [0.717, 1.165) is 23.3 Å². The van der Waals surface area contributed by atoms with Crippen molar-refractivity contribution < 1.29 is 42.7 Å². The second kappa shape index (κ2) is 10.3. The number of aliphatic carboxylic acids is 1. The quantitative estimate of drug-likeness (QED) is 0.189. The van der Waals surface area contributed by atoms with Gasteiger partial charge in [-0.25, -0.2) is 19.7 Å². The third-order valence-electron chi connectivity index (χ3n) is 4.40. The van der Waals surface area contributed by atoms with Crippen LogP contribution in [-0.2, 0) is 28.9 Å². The number of hydrogen-bond acceptors (Lipinski definition) is 11. The van der Waals surface area contributed by atoms with E-state index in [4.69, 9.17) is 15.7 Å². The number of carbonyl (C=O) groups is 4. The summed E-state index contributed by atoms with van der Waals surface area (Å²) in [5.74, 6) is -7.21. The van der Waals surface area contributed by atoms with Gasteiger partial charge >= 0.3 is 5.97 Å². The highest BCUT2D eigenvalue weighted by Crippen LogP contribution is 2.42. The van der Waals surface area contributed by atoms with Crippen LogP contribution < -0.4 is 5.73 Å². The molecule has 0 spiro atoms. The highest BCUT2D eigenvalue weighted by atomic mass is 32.2. The third-order valence-corrected chi connectivity index (χ3v) is 5.94. The van der Waals surface area contributed by atoms with E-state index in [1.54, 1.807) is 0 Å². The van der Waals surface area contributed by atoms with Crippen molar-refractivity contribution >= 4 is 57.4 Å². The molecule has 2 heterocycles. The Bertz CT molecular complexity index is 938. The summed E-state index contributed by atoms with van der Waals surface area (Å²) in [7, 11) is 0. The molecule has 0 aliphatic carbocycles. The van der Waals surface area contributed by atoms with Gasteiger partial charge in [0.1, 0.15) is 5.69 Å². The van der Waals surface area contributed by atoms with Gasteiger partial charge in [-0.2, -0.15) is 8.78 Å². The summed E-state index contributed by atoms with van der Waals surface area (Å²) < 4.78 is 25.3. The van der Waals surface area contributed by atoms with Gasteiger partial charge in [0.05, 0.1) is 11.5 Å². The first-order valence-electron chi connectivity index (χ1n) is 8.95. The predicted molar refractivity (Wildman–Crippen MR) is 110 cm³/mol. The molecule has 1 unspecified atom stereocenters. The van der Waals surface area contributed by atoms with Gasteiger partial charge < -0.3 is 15.7 Å². The molecule has 0 radical (unpaired) electrons. The van der Waals surface area contributed by atoms with Crippen LogP contribution in [0.1, 0.15) is 32.9 Å². The lowest BCUT2D eigenvalue weighted by molar-refractivity contribution is -0.270. The lowest BCUT2D eigenvalue weighted by Crippen LogP contribution is -2.68. The SMILES string of the molecule is CC(=O)C(ON1C(=O)[C@@H](CC(=O)/C(=N\OCC(=O)O)c2csc(N)n2)C1(C)C)SC(F)F. The number of β-lactam (4-membered cyclic amide) rings is 1. The molecule has 176 valence electrons. The minimum absolute atomic E-state index is 0.0468. The highest BCUT2D eigenvalue weighted by molar-refractivity contribution is 8.00. The Kier molecular flexibility index (Phi) is 8.25. The Balaban J connectivity index is 2.15. The zero-order valence-corrected chi connectivity index (χ0v) is 18.7. The molecular weight excluding hydrogens is 474 g/mol. The Hall–Kier alpha value is -2.65. The van der Waals surface area contributed by atoms with E-state index >= 15 is 0 Å². The Morgan fingerprint density at radius 2 is 2.09 bits per heavy atom. The number of nitrogen functional groups attached to an aromatic ring is 1. The van der Waals surface area contributed by atoms with Crippen molar-refractivity contribution in [2.45, 2.75) is 43.9 Å². The number of alkyl halides is 2. The second-order valence-corrected chi connectivity index (χ2v) is 9.04. The molecule has 1 amide bonds. The summed E-state index contributed by atoms with van der Waals surface area (Å²) in [6.07, 6.45) is -0.384. The lowest BCUT2D eigenvalue weighted by atomic mass is 9.74. The van der Waals surface area contributed by atoms with Gasteiger partial charge in [0.25, 0.3) is 11.7 Å². The lowest BCUT2D eigenvalue weighted by Gasteiger charge is -2.52. The molecule has 1 fully saturated rings. The van der Waals surface area contributed by atoms with Gasteiger partial charge in [0, 0.05) is 11.8 Å². The largest absolute Gasteiger partial charge is 0.479 e. The molecule has 2 rings (SSSR count). The molecular formula is C17H20F2N4O7S2. The standard InChI is InChI=1S/C17H20F2N4O7S2/c1-7(24)14(32-15(18)19)30-23-13(28)8(17(23,2)3)4-10(25)12(22-29-5-11(26)27)9-6-31-16(20)21-9/h6,8,14-15H,4-5H2,1-3H3,(H2,20,21)(H,26,27)/b22-12-/t8-,14?/m1/s1. The number of oxime groups is 1. The molecule has 1 aliphatic heterocycles. The van der Waals surface area contributed by atoms with E-state index in [9.17, 15) is 28.0 Å². The molecule has 0 bridgehead atoms. The van der Waals surface area contributed by atoms with E-state index in [1.807, 2.05) is 0 Å². The fraction of sp³-hybridized carbons (Fsp3) is 0.529. The zero-order chi connectivity index (χ0) is 24.2. The maximum atomic E-state index is 12.8. The molecule has 1 aromatic rings. The fourth-order valence-corrected chi connectivity index (χ4v) is 3.85. The van der Waals surface area contributed by atoms with Crippen LogP contribution in [0.5, 0.6) is 0 Å². The number of carboxylic acids is 1. The zero-order valence-electron chi connectivity index (χ0n) is 17.1. The number of nitrogens with zero attached hydrogens (tertiary/aromatic N) is 3. The van der Waals surface area contributed by atoms with Crippen LogP contribution >= 0.6 is 23.1 Å². The first kappa shape index (κ1) is 25.6. The van der Waals surface area contributed by atoms with E-state index < -0.39 is 52.7 Å². The molecule has 1 aromatic heterocycles. The minimum Gasteiger partial charge on any atom is -0.479 e. The second-order valence-electron chi connectivity index (χ2n) is 7.09.